The monoisotopic (exact) mass is 127 g/mol. The number of aromatic nitrogens is 2. The maximum absolute atomic E-state index is 10.3. The van der Waals surface area contributed by atoms with Crippen molar-refractivity contribution in [3.8, 4) is 6.01 Å². The maximum atomic E-state index is 10.3. The summed E-state index contributed by atoms with van der Waals surface area (Å²) in [5.74, 6) is 0. The van der Waals surface area contributed by atoms with E-state index in [2.05, 4.69) is 4.98 Å². The summed E-state index contributed by atoms with van der Waals surface area (Å²) in [5, 5.41) is 18.5. The van der Waals surface area contributed by atoms with Gasteiger partial charge in [0.2, 0.25) is 0 Å². The molecule has 0 aliphatic carbocycles. The largest absolute Gasteiger partial charge is 0.464 e. The highest BCUT2D eigenvalue weighted by atomic mass is 16.4. The summed E-state index contributed by atoms with van der Waals surface area (Å²) < 4.78 is 0.500. The summed E-state index contributed by atoms with van der Waals surface area (Å²) >= 11 is 0. The topological polar surface area (TPSA) is 75.0 Å². The molecule has 9 heavy (non-hydrogen) atoms. The lowest BCUT2D eigenvalue weighted by atomic mass is 10.9. The molecule has 0 bridgehead atoms. The molecule has 1 aromatic rings. The van der Waals surface area contributed by atoms with E-state index in [1.54, 1.807) is 0 Å². The predicted molar refractivity (Wildman–Crippen MR) is 25.8 cm³/mol. The second kappa shape index (κ2) is 1.77. The molecule has 0 saturated heterocycles. The van der Waals surface area contributed by atoms with E-state index >= 15 is 0 Å². The van der Waals surface area contributed by atoms with E-state index in [9.17, 15) is 9.90 Å². The van der Waals surface area contributed by atoms with Crippen LogP contribution in [0.25, 0.3) is 0 Å². The highest BCUT2D eigenvalue weighted by Gasteiger charge is 2.06. The molecule has 0 amide bonds. The minimum absolute atomic E-state index is 0.500. The van der Waals surface area contributed by atoms with Gasteiger partial charge in [0.1, 0.15) is 0 Å². The third-order valence-corrected chi connectivity index (χ3v) is 0.813. The van der Waals surface area contributed by atoms with Gasteiger partial charge in [-0.05, 0) is 0 Å². The van der Waals surface area contributed by atoms with Crippen LogP contribution in [0.1, 0.15) is 0 Å². The van der Waals surface area contributed by atoms with E-state index in [1.807, 2.05) is 0 Å². The van der Waals surface area contributed by atoms with Crippen LogP contribution in [0.5, 0.6) is 6.01 Å². The molecule has 0 aliphatic heterocycles. The van der Waals surface area contributed by atoms with Crippen molar-refractivity contribution in [1.82, 2.24) is 9.55 Å². The van der Waals surface area contributed by atoms with Crippen molar-refractivity contribution in [2.45, 2.75) is 0 Å². The molecular formula is C4H3N2O3. The molecule has 0 fully saturated rings. The van der Waals surface area contributed by atoms with Gasteiger partial charge in [0.15, 0.2) is 0 Å². The van der Waals surface area contributed by atoms with Gasteiger partial charge in [-0.1, -0.05) is 0 Å². The summed E-state index contributed by atoms with van der Waals surface area (Å²) in [4.78, 5) is 13.2. The number of nitrogens with zero attached hydrogens (tertiary/aromatic N) is 2. The van der Waals surface area contributed by atoms with Gasteiger partial charge in [-0.3, -0.25) is 0 Å². The average Bonchev–Trinajstić information content (AvgIpc) is 2.13. The Morgan fingerprint density at radius 2 is 2.44 bits per heavy atom. The van der Waals surface area contributed by atoms with E-state index in [1.165, 1.54) is 0 Å². The number of rotatable bonds is 0. The predicted octanol–water partition coefficient (Wildman–Crippen LogP) is 0.553. The van der Waals surface area contributed by atoms with Crippen molar-refractivity contribution < 1.29 is 15.0 Å². The van der Waals surface area contributed by atoms with Crippen molar-refractivity contribution in [1.29, 1.82) is 0 Å². The third-order valence-electron chi connectivity index (χ3n) is 0.813. The molecule has 0 unspecified atom stereocenters. The summed E-state index contributed by atoms with van der Waals surface area (Å²) in [6.07, 6.45) is 0.915. The van der Waals surface area contributed by atoms with E-state index < -0.39 is 12.1 Å². The van der Waals surface area contributed by atoms with Crippen LogP contribution in [0.15, 0.2) is 12.4 Å². The first-order chi connectivity index (χ1) is 4.22. The van der Waals surface area contributed by atoms with Crippen LogP contribution in [-0.2, 0) is 5.11 Å². The standard InChI is InChI=1S/C4H3N2O3/c7-3-5-1-2-6(3)4(8)9/h1-2H,(H,8,9). The van der Waals surface area contributed by atoms with Crippen molar-refractivity contribution in [3.63, 3.8) is 0 Å². The fraction of sp³-hybridized carbons (Fsp3) is 0. The fourth-order valence-electron chi connectivity index (χ4n) is 0.435. The zero-order valence-corrected chi connectivity index (χ0v) is 4.31. The average molecular weight is 127 g/mol. The minimum atomic E-state index is -1.31. The molecule has 1 N–H and O–H groups in total. The molecule has 1 radical (unpaired) electrons. The summed E-state index contributed by atoms with van der Waals surface area (Å²) in [6, 6.07) is -0.762. The molecule has 0 spiro atoms. The highest BCUT2D eigenvalue weighted by Crippen LogP contribution is 2.02. The van der Waals surface area contributed by atoms with Crippen LogP contribution < -0.4 is 0 Å². The molecule has 0 aliphatic rings. The third kappa shape index (κ3) is 0.835. The quantitative estimate of drug-likeness (QED) is 0.553. The summed E-state index contributed by atoms with van der Waals surface area (Å²) in [7, 11) is 0. The Kier molecular flexibility index (Phi) is 1.11. The van der Waals surface area contributed by atoms with Crippen LogP contribution in [-0.4, -0.2) is 20.8 Å². The van der Waals surface area contributed by atoms with Gasteiger partial charge in [-0.15, -0.1) is 0 Å². The molecular weight excluding hydrogens is 124 g/mol. The lowest BCUT2D eigenvalue weighted by Crippen LogP contribution is -2.04. The number of imidazole rings is 1. The van der Waals surface area contributed by atoms with Crippen LogP contribution >= 0.6 is 0 Å². The van der Waals surface area contributed by atoms with Crippen molar-refractivity contribution in [2.75, 3.05) is 0 Å². The number of hydrogen-bond donors (Lipinski definition) is 1. The molecule has 1 heterocycles. The highest BCUT2D eigenvalue weighted by molar-refractivity contribution is 5.69. The Morgan fingerprint density at radius 3 is 2.67 bits per heavy atom. The van der Waals surface area contributed by atoms with Gasteiger partial charge in [0, 0.05) is 12.4 Å². The maximum Gasteiger partial charge on any atom is 0.419 e. The zero-order valence-electron chi connectivity index (χ0n) is 4.31. The van der Waals surface area contributed by atoms with E-state index in [-0.39, 0.29) is 0 Å². The van der Waals surface area contributed by atoms with Crippen molar-refractivity contribution in [2.24, 2.45) is 0 Å². The number of carbonyl (C=O) groups is 1. The molecule has 1 aromatic heterocycles. The van der Waals surface area contributed by atoms with E-state index in [0.29, 0.717) is 4.57 Å². The van der Waals surface area contributed by atoms with Crippen LogP contribution in [0.2, 0.25) is 0 Å². The molecule has 0 saturated carbocycles. The van der Waals surface area contributed by atoms with Crippen LogP contribution in [0.3, 0.4) is 0 Å². The Balaban J connectivity index is 3.08. The van der Waals surface area contributed by atoms with E-state index in [4.69, 9.17) is 5.11 Å². The molecule has 5 nitrogen and oxygen atoms in total. The normalized spacial score (nSPS) is 9.33. The first-order valence-electron chi connectivity index (χ1n) is 2.15. The summed E-state index contributed by atoms with van der Waals surface area (Å²) in [5.41, 5.74) is 0. The van der Waals surface area contributed by atoms with Crippen LogP contribution in [0, 0.1) is 0 Å². The molecule has 1 rings (SSSR count). The van der Waals surface area contributed by atoms with Crippen LogP contribution in [0.4, 0.5) is 4.79 Å². The lowest BCUT2D eigenvalue weighted by Gasteiger charge is -1.88. The van der Waals surface area contributed by atoms with Gasteiger partial charge in [-0.2, -0.15) is 4.98 Å². The number of carboxylic acid groups (broad SMARTS) is 1. The van der Waals surface area contributed by atoms with Crippen molar-refractivity contribution in [3.05, 3.63) is 12.4 Å². The van der Waals surface area contributed by atoms with Gasteiger partial charge in [0.05, 0.1) is 0 Å². The molecule has 5 heteroatoms. The first-order valence-corrected chi connectivity index (χ1v) is 2.15. The van der Waals surface area contributed by atoms with Gasteiger partial charge in [0.25, 0.3) is 0 Å². The molecule has 47 valence electrons. The Bertz CT molecular complexity index is 229. The lowest BCUT2D eigenvalue weighted by molar-refractivity contribution is 0.189. The zero-order chi connectivity index (χ0) is 6.85. The molecule has 0 atom stereocenters. The smallest absolute Gasteiger partial charge is 0.419 e. The number of hydrogen-bond acceptors (Lipinski definition) is 2. The fourth-order valence-corrected chi connectivity index (χ4v) is 0.435. The Morgan fingerprint density at radius 1 is 1.78 bits per heavy atom. The Hall–Kier alpha value is -1.52. The van der Waals surface area contributed by atoms with Crippen molar-refractivity contribution >= 4 is 6.09 Å². The van der Waals surface area contributed by atoms with Gasteiger partial charge in [-0.25, -0.2) is 14.5 Å². The second-order valence-electron chi connectivity index (χ2n) is 1.36. The Labute approximate surface area is 50.2 Å². The van der Waals surface area contributed by atoms with Gasteiger partial charge >= 0.3 is 12.1 Å². The van der Waals surface area contributed by atoms with E-state index in [0.717, 1.165) is 12.4 Å². The molecule has 0 aromatic carbocycles. The minimum Gasteiger partial charge on any atom is -0.464 e. The first kappa shape index (κ1) is 5.61. The second-order valence-corrected chi connectivity index (χ2v) is 1.36. The summed E-state index contributed by atoms with van der Waals surface area (Å²) in [6.45, 7) is 0. The SMILES string of the molecule is [O]c1nccn1C(=O)O. The van der Waals surface area contributed by atoms with Gasteiger partial charge < -0.3 is 5.11 Å².